The van der Waals surface area contributed by atoms with E-state index in [9.17, 15) is 4.79 Å². The molecular formula is C16H26N4O3. The highest BCUT2D eigenvalue weighted by Crippen LogP contribution is 2.26. The number of amides is 1. The van der Waals surface area contributed by atoms with Crippen LogP contribution in [-0.4, -0.2) is 53.4 Å². The molecule has 1 aliphatic carbocycles. The second kappa shape index (κ2) is 8.40. The molecule has 128 valence electrons. The Morgan fingerprint density at radius 1 is 1.30 bits per heavy atom. The van der Waals surface area contributed by atoms with Crippen molar-refractivity contribution in [2.24, 2.45) is 5.92 Å². The molecule has 2 aliphatic rings. The molecule has 23 heavy (non-hydrogen) atoms. The van der Waals surface area contributed by atoms with Gasteiger partial charge < -0.3 is 14.8 Å². The molecule has 1 amide bonds. The lowest BCUT2D eigenvalue weighted by Gasteiger charge is -2.22. The number of hydrogen-bond donors (Lipinski definition) is 1. The summed E-state index contributed by atoms with van der Waals surface area (Å²) < 4.78 is 12.6. The van der Waals surface area contributed by atoms with Crippen LogP contribution in [0.2, 0.25) is 0 Å². The van der Waals surface area contributed by atoms with Crippen LogP contribution in [-0.2, 0) is 16.0 Å². The molecule has 1 atom stereocenters. The van der Waals surface area contributed by atoms with Crippen molar-refractivity contribution in [3.8, 4) is 0 Å². The largest absolute Gasteiger partial charge is 0.376 e. The molecule has 1 saturated heterocycles. The van der Waals surface area contributed by atoms with Crippen molar-refractivity contribution < 1.29 is 14.3 Å². The Kier molecular flexibility index (Phi) is 5.99. The molecular weight excluding hydrogens is 296 g/mol. The first-order valence-corrected chi connectivity index (χ1v) is 8.69. The fourth-order valence-electron chi connectivity index (χ4n) is 3.25. The number of aromatic nitrogens is 3. The average Bonchev–Trinajstić information content (AvgIpc) is 3.09. The Hall–Kier alpha value is -1.47. The molecule has 0 spiro atoms. The molecule has 0 aromatic carbocycles. The summed E-state index contributed by atoms with van der Waals surface area (Å²) in [4.78, 5) is 12.1. The third-order valence-corrected chi connectivity index (χ3v) is 4.64. The van der Waals surface area contributed by atoms with Gasteiger partial charge in [-0.3, -0.25) is 9.48 Å². The number of carbonyl (C=O) groups excluding carboxylic acids is 1. The molecule has 1 N–H and O–H groups in total. The molecule has 2 heterocycles. The van der Waals surface area contributed by atoms with E-state index in [1.807, 2.05) is 0 Å². The first-order chi connectivity index (χ1) is 11.3. The smallest absolute Gasteiger partial charge is 0.273 e. The summed E-state index contributed by atoms with van der Waals surface area (Å²) in [6.07, 6.45) is 9.50. The number of nitrogens with zero attached hydrogens (tertiary/aromatic N) is 3. The van der Waals surface area contributed by atoms with E-state index in [1.54, 1.807) is 10.9 Å². The molecule has 7 heteroatoms. The molecule has 7 nitrogen and oxygen atoms in total. The molecule has 1 aromatic heterocycles. The lowest BCUT2D eigenvalue weighted by Crippen LogP contribution is -2.39. The molecule has 1 aliphatic heterocycles. The van der Waals surface area contributed by atoms with Crippen LogP contribution < -0.4 is 5.32 Å². The predicted octanol–water partition coefficient (Wildman–Crippen LogP) is 1.39. The standard InChI is InChI=1S/C16H26N4O3/c21-16(17-10-14-12-22-8-9-23-14)15-11-20(19-18-15)7-6-13-4-2-1-3-5-13/h11,13-14H,1-10,12H2,(H,17,21). The second-order valence-corrected chi connectivity index (χ2v) is 6.44. The van der Waals surface area contributed by atoms with Crippen LogP contribution in [0.1, 0.15) is 49.0 Å². The highest BCUT2D eigenvalue weighted by molar-refractivity contribution is 5.91. The van der Waals surface area contributed by atoms with Gasteiger partial charge in [-0.2, -0.15) is 0 Å². The molecule has 3 rings (SSSR count). The van der Waals surface area contributed by atoms with Crippen LogP contribution in [0.15, 0.2) is 6.20 Å². The summed E-state index contributed by atoms with van der Waals surface area (Å²) in [5.41, 5.74) is 0.366. The van der Waals surface area contributed by atoms with Crippen molar-refractivity contribution in [2.75, 3.05) is 26.4 Å². The van der Waals surface area contributed by atoms with Gasteiger partial charge in [0.1, 0.15) is 0 Å². The fourth-order valence-corrected chi connectivity index (χ4v) is 3.25. The first kappa shape index (κ1) is 16.4. The Morgan fingerprint density at radius 3 is 2.96 bits per heavy atom. The maximum atomic E-state index is 12.1. The Balaban J connectivity index is 1.41. The number of carbonyl (C=O) groups is 1. The molecule has 1 unspecified atom stereocenters. The Morgan fingerprint density at radius 2 is 2.17 bits per heavy atom. The minimum atomic E-state index is -0.205. The van der Waals surface area contributed by atoms with Gasteiger partial charge >= 0.3 is 0 Å². The third-order valence-electron chi connectivity index (χ3n) is 4.64. The predicted molar refractivity (Wildman–Crippen MR) is 84.1 cm³/mol. The van der Waals surface area contributed by atoms with Crippen LogP contribution >= 0.6 is 0 Å². The summed E-state index contributed by atoms with van der Waals surface area (Å²) in [5.74, 6) is 0.594. The van der Waals surface area contributed by atoms with Crippen LogP contribution in [0.5, 0.6) is 0 Å². The van der Waals surface area contributed by atoms with Gasteiger partial charge in [0, 0.05) is 13.1 Å². The van der Waals surface area contributed by atoms with Gasteiger partial charge in [0.05, 0.1) is 32.1 Å². The number of nitrogens with one attached hydrogen (secondary N) is 1. The van der Waals surface area contributed by atoms with E-state index in [1.165, 1.54) is 32.1 Å². The molecule has 1 saturated carbocycles. The summed E-state index contributed by atoms with van der Waals surface area (Å²) in [6, 6.07) is 0. The monoisotopic (exact) mass is 322 g/mol. The number of ether oxygens (including phenoxy) is 2. The summed E-state index contributed by atoms with van der Waals surface area (Å²) in [7, 11) is 0. The van der Waals surface area contributed by atoms with Crippen molar-refractivity contribution in [1.82, 2.24) is 20.3 Å². The summed E-state index contributed by atoms with van der Waals surface area (Å²) in [6.45, 7) is 3.00. The minimum Gasteiger partial charge on any atom is -0.376 e. The van der Waals surface area contributed by atoms with Gasteiger partial charge in [0.25, 0.3) is 5.91 Å². The van der Waals surface area contributed by atoms with E-state index in [0.717, 1.165) is 18.9 Å². The van der Waals surface area contributed by atoms with Gasteiger partial charge in [-0.25, -0.2) is 0 Å². The van der Waals surface area contributed by atoms with E-state index in [4.69, 9.17) is 9.47 Å². The fraction of sp³-hybridized carbons (Fsp3) is 0.812. The van der Waals surface area contributed by atoms with Crippen molar-refractivity contribution in [2.45, 2.75) is 51.2 Å². The maximum absolute atomic E-state index is 12.1. The Labute approximate surface area is 136 Å². The molecule has 2 fully saturated rings. The van der Waals surface area contributed by atoms with Crippen LogP contribution in [0, 0.1) is 5.92 Å². The van der Waals surface area contributed by atoms with Crippen LogP contribution in [0.25, 0.3) is 0 Å². The highest BCUT2D eigenvalue weighted by atomic mass is 16.6. The normalized spacial score (nSPS) is 22.9. The van der Waals surface area contributed by atoms with Crippen LogP contribution in [0.4, 0.5) is 0 Å². The van der Waals surface area contributed by atoms with E-state index in [-0.39, 0.29) is 12.0 Å². The van der Waals surface area contributed by atoms with E-state index in [0.29, 0.717) is 32.1 Å². The average molecular weight is 322 g/mol. The SMILES string of the molecule is O=C(NCC1COCCO1)c1cn(CCC2CCCCC2)nn1. The lowest BCUT2D eigenvalue weighted by atomic mass is 9.87. The number of hydrogen-bond acceptors (Lipinski definition) is 5. The van der Waals surface area contributed by atoms with Gasteiger partial charge in [0.2, 0.25) is 0 Å². The number of rotatable bonds is 6. The van der Waals surface area contributed by atoms with Crippen molar-refractivity contribution in [3.63, 3.8) is 0 Å². The first-order valence-electron chi connectivity index (χ1n) is 8.69. The van der Waals surface area contributed by atoms with Gasteiger partial charge in [-0.05, 0) is 12.3 Å². The second-order valence-electron chi connectivity index (χ2n) is 6.44. The van der Waals surface area contributed by atoms with Crippen LogP contribution in [0.3, 0.4) is 0 Å². The van der Waals surface area contributed by atoms with E-state index in [2.05, 4.69) is 15.6 Å². The maximum Gasteiger partial charge on any atom is 0.273 e. The Bertz CT molecular complexity index is 493. The zero-order valence-corrected chi connectivity index (χ0v) is 13.6. The van der Waals surface area contributed by atoms with Crippen molar-refractivity contribution in [3.05, 3.63) is 11.9 Å². The van der Waals surface area contributed by atoms with Crippen molar-refractivity contribution in [1.29, 1.82) is 0 Å². The van der Waals surface area contributed by atoms with E-state index >= 15 is 0 Å². The third kappa shape index (κ3) is 5.00. The van der Waals surface area contributed by atoms with Gasteiger partial charge in [-0.15, -0.1) is 5.10 Å². The molecule has 0 radical (unpaired) electrons. The topological polar surface area (TPSA) is 78.3 Å². The van der Waals surface area contributed by atoms with Crippen molar-refractivity contribution >= 4 is 5.91 Å². The van der Waals surface area contributed by atoms with Gasteiger partial charge in [-0.1, -0.05) is 37.3 Å². The number of aryl methyl sites for hydroxylation is 1. The highest BCUT2D eigenvalue weighted by Gasteiger charge is 2.18. The summed E-state index contributed by atoms with van der Waals surface area (Å²) >= 11 is 0. The zero-order valence-electron chi connectivity index (χ0n) is 13.6. The quantitative estimate of drug-likeness (QED) is 0.856. The van der Waals surface area contributed by atoms with E-state index < -0.39 is 0 Å². The van der Waals surface area contributed by atoms with Gasteiger partial charge in [0.15, 0.2) is 5.69 Å². The minimum absolute atomic E-state index is 0.0750. The lowest BCUT2D eigenvalue weighted by molar-refractivity contribution is -0.0855. The zero-order chi connectivity index (χ0) is 15.9. The summed E-state index contributed by atoms with van der Waals surface area (Å²) in [5, 5.41) is 10.9. The molecule has 0 bridgehead atoms. The molecule has 1 aromatic rings.